The Morgan fingerprint density at radius 2 is 1.85 bits per heavy atom. The van der Waals surface area contributed by atoms with E-state index < -0.39 is 5.60 Å². The van der Waals surface area contributed by atoms with E-state index in [2.05, 4.69) is 12.2 Å². The Labute approximate surface area is 123 Å². The molecule has 1 N–H and O–H groups in total. The van der Waals surface area contributed by atoms with E-state index >= 15 is 0 Å². The molecule has 1 amide bonds. The Bertz CT molecular complexity index is 324. The standard InChI is InChI=1S/C16H30N2O2/c1-5-6-9-17-12-10-13-7-8-14(11-12)18(13)15(19)20-16(2,3)4/h12-14,17H,5-11H2,1-4H3. The summed E-state index contributed by atoms with van der Waals surface area (Å²) in [6.45, 7) is 9.13. The molecule has 0 saturated carbocycles. The average Bonchev–Trinajstić information content (AvgIpc) is 2.60. The molecule has 4 heteroatoms. The van der Waals surface area contributed by atoms with Gasteiger partial charge in [-0.05, 0) is 59.4 Å². The lowest BCUT2D eigenvalue weighted by atomic mass is 9.97. The Hall–Kier alpha value is -0.770. The molecule has 0 spiro atoms. The molecule has 2 saturated heterocycles. The summed E-state index contributed by atoms with van der Waals surface area (Å²) in [5.74, 6) is 0. The Balaban J connectivity index is 1.88. The Kier molecular flexibility index (Phi) is 4.95. The number of carbonyl (C=O) groups is 1. The zero-order chi connectivity index (χ0) is 14.8. The highest BCUT2D eigenvalue weighted by atomic mass is 16.6. The van der Waals surface area contributed by atoms with Crippen LogP contribution in [0.4, 0.5) is 4.79 Å². The highest BCUT2D eigenvalue weighted by Gasteiger charge is 2.44. The van der Waals surface area contributed by atoms with E-state index in [0.717, 1.165) is 32.2 Å². The summed E-state index contributed by atoms with van der Waals surface area (Å²) in [4.78, 5) is 14.3. The van der Waals surface area contributed by atoms with Crippen LogP contribution < -0.4 is 5.32 Å². The third-order valence-corrected chi connectivity index (χ3v) is 4.30. The van der Waals surface area contributed by atoms with Crippen LogP contribution in [0.5, 0.6) is 0 Å². The number of hydrogen-bond donors (Lipinski definition) is 1. The van der Waals surface area contributed by atoms with Gasteiger partial charge in [0.15, 0.2) is 0 Å². The molecule has 2 rings (SSSR count). The van der Waals surface area contributed by atoms with Crippen molar-refractivity contribution in [1.29, 1.82) is 0 Å². The van der Waals surface area contributed by atoms with Gasteiger partial charge in [-0.15, -0.1) is 0 Å². The van der Waals surface area contributed by atoms with Crippen LogP contribution in [0.1, 0.15) is 66.2 Å². The third-order valence-electron chi connectivity index (χ3n) is 4.30. The van der Waals surface area contributed by atoms with Crippen molar-refractivity contribution in [2.45, 2.75) is 89.9 Å². The number of unbranched alkanes of at least 4 members (excludes halogenated alkanes) is 1. The molecule has 0 aromatic heterocycles. The topological polar surface area (TPSA) is 41.6 Å². The monoisotopic (exact) mass is 282 g/mol. The fraction of sp³-hybridized carbons (Fsp3) is 0.938. The molecule has 2 heterocycles. The molecular weight excluding hydrogens is 252 g/mol. The molecule has 0 aromatic carbocycles. The quantitative estimate of drug-likeness (QED) is 0.804. The summed E-state index contributed by atoms with van der Waals surface area (Å²) in [6.07, 6.45) is 6.79. The summed E-state index contributed by atoms with van der Waals surface area (Å²) in [6, 6.07) is 1.34. The first-order chi connectivity index (χ1) is 9.40. The number of carbonyl (C=O) groups excluding carboxylic acids is 1. The Morgan fingerprint density at radius 3 is 2.35 bits per heavy atom. The van der Waals surface area contributed by atoms with Crippen LogP contribution in [-0.2, 0) is 4.74 Å². The van der Waals surface area contributed by atoms with Gasteiger partial charge in [-0.2, -0.15) is 0 Å². The summed E-state index contributed by atoms with van der Waals surface area (Å²) >= 11 is 0. The SMILES string of the molecule is CCCCNC1CC2CCC(C1)N2C(=O)OC(C)(C)C. The van der Waals surface area contributed by atoms with Crippen LogP contribution in [0.25, 0.3) is 0 Å². The number of nitrogens with zero attached hydrogens (tertiary/aromatic N) is 1. The van der Waals surface area contributed by atoms with Gasteiger partial charge in [-0.1, -0.05) is 13.3 Å². The van der Waals surface area contributed by atoms with Gasteiger partial charge < -0.3 is 15.0 Å². The smallest absolute Gasteiger partial charge is 0.410 e. The molecule has 2 unspecified atom stereocenters. The molecule has 2 aliphatic rings. The molecule has 116 valence electrons. The van der Waals surface area contributed by atoms with E-state index in [0.29, 0.717) is 18.1 Å². The highest BCUT2D eigenvalue weighted by Crippen LogP contribution is 2.36. The van der Waals surface area contributed by atoms with Crippen molar-refractivity contribution in [3.8, 4) is 0 Å². The lowest BCUT2D eigenvalue weighted by Crippen LogP contribution is -2.52. The van der Waals surface area contributed by atoms with Crippen LogP contribution in [0.3, 0.4) is 0 Å². The van der Waals surface area contributed by atoms with Crippen LogP contribution in [0.15, 0.2) is 0 Å². The number of hydrogen-bond acceptors (Lipinski definition) is 3. The predicted octanol–water partition coefficient (Wildman–Crippen LogP) is 3.31. The fourth-order valence-corrected chi connectivity index (χ4v) is 3.44. The molecule has 4 nitrogen and oxygen atoms in total. The van der Waals surface area contributed by atoms with Crippen LogP contribution in [0.2, 0.25) is 0 Å². The lowest BCUT2D eigenvalue weighted by molar-refractivity contribution is 0.00475. The van der Waals surface area contributed by atoms with E-state index in [4.69, 9.17) is 4.74 Å². The maximum Gasteiger partial charge on any atom is 0.410 e. The number of rotatable bonds is 4. The molecule has 0 radical (unpaired) electrons. The van der Waals surface area contributed by atoms with Crippen molar-refractivity contribution in [2.24, 2.45) is 0 Å². The van der Waals surface area contributed by atoms with E-state index in [1.807, 2.05) is 25.7 Å². The van der Waals surface area contributed by atoms with Crippen molar-refractivity contribution in [2.75, 3.05) is 6.54 Å². The fourth-order valence-electron chi connectivity index (χ4n) is 3.44. The first-order valence-corrected chi connectivity index (χ1v) is 8.15. The normalized spacial score (nSPS) is 29.6. The summed E-state index contributed by atoms with van der Waals surface area (Å²) in [5, 5.41) is 3.65. The zero-order valence-corrected chi connectivity index (χ0v) is 13.4. The molecule has 2 atom stereocenters. The largest absolute Gasteiger partial charge is 0.444 e. The maximum absolute atomic E-state index is 12.3. The average molecular weight is 282 g/mol. The minimum atomic E-state index is -0.396. The van der Waals surface area contributed by atoms with Gasteiger partial charge in [0.05, 0.1) is 0 Å². The van der Waals surface area contributed by atoms with Gasteiger partial charge in [0.2, 0.25) is 0 Å². The number of piperidine rings is 1. The second kappa shape index (κ2) is 6.33. The first kappa shape index (κ1) is 15.6. The number of amides is 1. The van der Waals surface area contributed by atoms with Crippen molar-refractivity contribution in [3.05, 3.63) is 0 Å². The van der Waals surface area contributed by atoms with Gasteiger partial charge in [-0.25, -0.2) is 4.79 Å². The number of fused-ring (bicyclic) bond motifs is 2. The highest BCUT2D eigenvalue weighted by molar-refractivity contribution is 5.69. The molecule has 0 aromatic rings. The molecule has 2 fully saturated rings. The minimum absolute atomic E-state index is 0.114. The molecule has 20 heavy (non-hydrogen) atoms. The van der Waals surface area contributed by atoms with Gasteiger partial charge in [0.1, 0.15) is 5.60 Å². The second-order valence-electron chi connectivity index (χ2n) is 7.25. The maximum atomic E-state index is 12.3. The van der Waals surface area contributed by atoms with Gasteiger partial charge >= 0.3 is 6.09 Å². The van der Waals surface area contributed by atoms with E-state index in [1.54, 1.807) is 0 Å². The molecule has 2 bridgehead atoms. The van der Waals surface area contributed by atoms with Crippen molar-refractivity contribution in [3.63, 3.8) is 0 Å². The van der Waals surface area contributed by atoms with Gasteiger partial charge in [0, 0.05) is 18.1 Å². The summed E-state index contributed by atoms with van der Waals surface area (Å²) in [7, 11) is 0. The van der Waals surface area contributed by atoms with Crippen molar-refractivity contribution < 1.29 is 9.53 Å². The lowest BCUT2D eigenvalue weighted by Gasteiger charge is -2.39. The van der Waals surface area contributed by atoms with Crippen LogP contribution >= 0.6 is 0 Å². The van der Waals surface area contributed by atoms with Gasteiger partial charge in [0.25, 0.3) is 0 Å². The molecule has 0 aliphatic carbocycles. The van der Waals surface area contributed by atoms with E-state index in [1.165, 1.54) is 12.8 Å². The first-order valence-electron chi connectivity index (χ1n) is 8.15. The summed E-state index contributed by atoms with van der Waals surface area (Å²) in [5.41, 5.74) is -0.396. The van der Waals surface area contributed by atoms with Crippen LogP contribution in [0, 0.1) is 0 Å². The van der Waals surface area contributed by atoms with Crippen molar-refractivity contribution in [1.82, 2.24) is 10.2 Å². The minimum Gasteiger partial charge on any atom is -0.444 e. The molecule has 2 aliphatic heterocycles. The van der Waals surface area contributed by atoms with Crippen LogP contribution in [-0.4, -0.2) is 41.3 Å². The third kappa shape index (κ3) is 3.87. The second-order valence-corrected chi connectivity index (χ2v) is 7.25. The zero-order valence-electron chi connectivity index (χ0n) is 13.4. The number of ether oxygens (including phenoxy) is 1. The Morgan fingerprint density at radius 1 is 1.25 bits per heavy atom. The van der Waals surface area contributed by atoms with Crippen molar-refractivity contribution >= 4 is 6.09 Å². The summed E-state index contributed by atoms with van der Waals surface area (Å²) < 4.78 is 5.56. The van der Waals surface area contributed by atoms with E-state index in [-0.39, 0.29) is 6.09 Å². The van der Waals surface area contributed by atoms with Gasteiger partial charge in [-0.3, -0.25) is 0 Å². The van der Waals surface area contributed by atoms with E-state index in [9.17, 15) is 4.79 Å². The number of nitrogens with one attached hydrogen (secondary N) is 1. The predicted molar refractivity (Wildman–Crippen MR) is 80.8 cm³/mol. The molecular formula is C16H30N2O2.